The molecule has 0 unspecified atom stereocenters. The van der Waals surface area contributed by atoms with Crippen LogP contribution in [-0.4, -0.2) is 29.7 Å². The van der Waals surface area contributed by atoms with Crippen molar-refractivity contribution in [3.63, 3.8) is 0 Å². The third-order valence-corrected chi connectivity index (χ3v) is 3.91. The van der Waals surface area contributed by atoms with E-state index in [-0.39, 0.29) is 5.75 Å². The number of carbonyl (C=O) groups excluding carboxylic acids is 1. The van der Waals surface area contributed by atoms with Gasteiger partial charge in [0, 0.05) is 23.2 Å². The van der Waals surface area contributed by atoms with Crippen molar-refractivity contribution >= 4 is 22.9 Å². The van der Waals surface area contributed by atoms with E-state index in [1.807, 2.05) is 25.4 Å². The normalized spacial score (nSPS) is 11.2. The third kappa shape index (κ3) is 4.28. The number of ether oxygens (including phenoxy) is 1. The number of rotatable bonds is 6. The number of carbonyl (C=O) groups is 1. The molecule has 128 valence electrons. The Morgan fingerprint density at radius 2 is 2.04 bits per heavy atom. The molecule has 0 aliphatic heterocycles. The molecule has 0 saturated heterocycles. The van der Waals surface area contributed by atoms with Gasteiger partial charge >= 0.3 is 5.97 Å². The smallest absolute Gasteiger partial charge is 0.336 e. The van der Waals surface area contributed by atoms with Crippen molar-refractivity contribution in [3.8, 4) is 11.5 Å². The van der Waals surface area contributed by atoms with Gasteiger partial charge in [0.1, 0.15) is 11.5 Å². The van der Waals surface area contributed by atoms with Crippen LogP contribution in [0.3, 0.4) is 0 Å². The molecule has 1 heterocycles. The number of aromatic hydroxyl groups is 1. The van der Waals surface area contributed by atoms with Gasteiger partial charge in [-0.05, 0) is 67.5 Å². The van der Waals surface area contributed by atoms with Crippen molar-refractivity contribution in [3.05, 3.63) is 65.9 Å². The lowest BCUT2D eigenvalue weighted by molar-refractivity contribution is -0.128. The van der Waals surface area contributed by atoms with Crippen LogP contribution in [0.1, 0.15) is 11.1 Å². The van der Waals surface area contributed by atoms with Crippen molar-refractivity contribution < 1.29 is 14.6 Å². The van der Waals surface area contributed by atoms with Gasteiger partial charge in [0.05, 0.1) is 0 Å². The minimum absolute atomic E-state index is 0.189. The van der Waals surface area contributed by atoms with Gasteiger partial charge in [-0.15, -0.1) is 0 Å². The topological polar surface area (TPSA) is 74.3 Å². The molecule has 3 rings (SSSR count). The van der Waals surface area contributed by atoms with Crippen molar-refractivity contribution in [2.75, 3.05) is 13.6 Å². The molecule has 0 amide bonds. The Labute approximate surface area is 145 Å². The van der Waals surface area contributed by atoms with E-state index < -0.39 is 5.97 Å². The number of esters is 1. The van der Waals surface area contributed by atoms with Gasteiger partial charge < -0.3 is 20.1 Å². The lowest BCUT2D eigenvalue weighted by Crippen LogP contribution is -2.09. The number of phenolic OH excluding ortho intramolecular Hbond substituents is 1. The number of fused-ring (bicyclic) bond motifs is 1. The number of benzene rings is 2. The number of likely N-dealkylation sites (N-methyl/N-ethyl adjacent to an activating group) is 1. The van der Waals surface area contributed by atoms with Crippen LogP contribution in [0, 0.1) is 0 Å². The highest BCUT2D eigenvalue weighted by Gasteiger charge is 2.07. The fraction of sp³-hybridized carbons (Fsp3) is 0.150. The third-order valence-electron chi connectivity index (χ3n) is 3.91. The van der Waals surface area contributed by atoms with Gasteiger partial charge in [-0.25, -0.2) is 4.79 Å². The second-order valence-corrected chi connectivity index (χ2v) is 5.72. The van der Waals surface area contributed by atoms with Crippen LogP contribution in [0.4, 0.5) is 0 Å². The van der Waals surface area contributed by atoms with Crippen molar-refractivity contribution in [2.24, 2.45) is 0 Å². The summed E-state index contributed by atoms with van der Waals surface area (Å²) in [4.78, 5) is 15.2. The van der Waals surface area contributed by atoms with E-state index in [0.29, 0.717) is 5.75 Å². The predicted octanol–water partition coefficient (Wildman–Crippen LogP) is 3.25. The summed E-state index contributed by atoms with van der Waals surface area (Å²) >= 11 is 0. The van der Waals surface area contributed by atoms with Crippen LogP contribution < -0.4 is 10.1 Å². The Bertz CT molecular complexity index is 895. The Balaban J connectivity index is 1.71. The number of nitrogens with one attached hydrogen (secondary N) is 2. The lowest BCUT2D eigenvalue weighted by atomic mass is 10.1. The Morgan fingerprint density at radius 1 is 1.24 bits per heavy atom. The number of hydrogen-bond acceptors (Lipinski definition) is 4. The Kier molecular flexibility index (Phi) is 5.16. The summed E-state index contributed by atoms with van der Waals surface area (Å²) in [7, 11) is 1.92. The molecule has 0 bridgehead atoms. The number of H-pyrrole nitrogens is 1. The minimum Gasteiger partial charge on any atom is -0.508 e. The van der Waals surface area contributed by atoms with E-state index in [1.54, 1.807) is 36.4 Å². The molecule has 0 radical (unpaired) electrons. The SMILES string of the molecule is CNCCc1c[nH]c2ccc(OC(=O)/C=C/c3ccc(O)cc3)cc12. The van der Waals surface area contributed by atoms with Crippen molar-refractivity contribution in [1.82, 2.24) is 10.3 Å². The number of aromatic amines is 1. The van der Waals surface area contributed by atoms with E-state index in [4.69, 9.17) is 4.74 Å². The summed E-state index contributed by atoms with van der Waals surface area (Å²) in [6.07, 6.45) is 5.90. The van der Waals surface area contributed by atoms with Crippen molar-refractivity contribution in [1.29, 1.82) is 0 Å². The van der Waals surface area contributed by atoms with E-state index in [1.165, 1.54) is 11.6 Å². The quantitative estimate of drug-likeness (QED) is 0.367. The molecule has 0 fully saturated rings. The lowest BCUT2D eigenvalue weighted by Gasteiger charge is -2.03. The van der Waals surface area contributed by atoms with E-state index in [2.05, 4.69) is 10.3 Å². The van der Waals surface area contributed by atoms with E-state index >= 15 is 0 Å². The Morgan fingerprint density at radius 3 is 2.80 bits per heavy atom. The number of hydrogen-bond donors (Lipinski definition) is 3. The first-order chi connectivity index (χ1) is 12.2. The molecule has 0 aliphatic rings. The first kappa shape index (κ1) is 16.8. The summed E-state index contributed by atoms with van der Waals surface area (Å²) in [5.41, 5.74) is 3.01. The van der Waals surface area contributed by atoms with Crippen molar-refractivity contribution in [2.45, 2.75) is 6.42 Å². The van der Waals surface area contributed by atoms with Gasteiger partial charge in [-0.2, -0.15) is 0 Å². The fourth-order valence-electron chi connectivity index (χ4n) is 2.59. The summed E-state index contributed by atoms with van der Waals surface area (Å²) in [6.45, 7) is 0.881. The Hall–Kier alpha value is -3.05. The number of aromatic nitrogens is 1. The molecule has 0 saturated carbocycles. The average molecular weight is 336 g/mol. The number of phenols is 1. The summed E-state index contributed by atoms with van der Waals surface area (Å²) in [5, 5.41) is 13.4. The minimum atomic E-state index is -0.445. The van der Waals surface area contributed by atoms with Gasteiger partial charge in [0.25, 0.3) is 0 Å². The first-order valence-electron chi connectivity index (χ1n) is 8.09. The largest absolute Gasteiger partial charge is 0.508 e. The summed E-state index contributed by atoms with van der Waals surface area (Å²) in [5.74, 6) is 0.256. The molecule has 1 aromatic heterocycles. The van der Waals surface area contributed by atoms with Gasteiger partial charge in [0.15, 0.2) is 0 Å². The zero-order chi connectivity index (χ0) is 17.6. The van der Waals surface area contributed by atoms with Gasteiger partial charge in [0.2, 0.25) is 0 Å². The molecule has 0 aliphatic carbocycles. The van der Waals surface area contributed by atoms with E-state index in [9.17, 15) is 9.90 Å². The standard InChI is InChI=1S/C20H20N2O3/c1-21-11-10-15-13-22-19-8-7-17(12-18(15)19)25-20(24)9-4-14-2-5-16(23)6-3-14/h2-9,12-13,21-23H,10-11H2,1H3/b9-4+. The van der Waals surface area contributed by atoms with Gasteiger partial charge in [-0.1, -0.05) is 12.1 Å². The second-order valence-electron chi connectivity index (χ2n) is 5.72. The zero-order valence-electron chi connectivity index (χ0n) is 14.0. The molecular weight excluding hydrogens is 316 g/mol. The molecule has 5 nitrogen and oxygen atoms in total. The first-order valence-corrected chi connectivity index (χ1v) is 8.09. The molecule has 5 heteroatoms. The highest BCUT2D eigenvalue weighted by atomic mass is 16.5. The predicted molar refractivity (Wildman–Crippen MR) is 98.7 cm³/mol. The maximum Gasteiger partial charge on any atom is 0.336 e. The molecule has 25 heavy (non-hydrogen) atoms. The van der Waals surface area contributed by atoms with Crippen LogP contribution in [0.25, 0.3) is 17.0 Å². The second kappa shape index (κ2) is 7.68. The molecule has 0 spiro atoms. The van der Waals surface area contributed by atoms with Crippen LogP contribution in [0.15, 0.2) is 54.7 Å². The maximum absolute atomic E-state index is 12.0. The zero-order valence-corrected chi connectivity index (χ0v) is 14.0. The van der Waals surface area contributed by atoms with Crippen LogP contribution >= 0.6 is 0 Å². The van der Waals surface area contributed by atoms with Crippen LogP contribution in [-0.2, 0) is 11.2 Å². The highest BCUT2D eigenvalue weighted by molar-refractivity contribution is 5.90. The molecule has 2 aromatic carbocycles. The fourth-order valence-corrected chi connectivity index (χ4v) is 2.59. The summed E-state index contributed by atoms with van der Waals surface area (Å²) < 4.78 is 5.39. The monoisotopic (exact) mass is 336 g/mol. The van der Waals surface area contributed by atoms with E-state index in [0.717, 1.165) is 29.4 Å². The maximum atomic E-state index is 12.0. The molecule has 3 N–H and O–H groups in total. The summed E-state index contributed by atoms with van der Waals surface area (Å²) in [6, 6.07) is 12.1. The van der Waals surface area contributed by atoms with Gasteiger partial charge in [-0.3, -0.25) is 0 Å². The van der Waals surface area contributed by atoms with Crippen LogP contribution in [0.5, 0.6) is 11.5 Å². The molecule has 3 aromatic rings. The highest BCUT2D eigenvalue weighted by Crippen LogP contribution is 2.24. The molecular formula is C20H20N2O3. The average Bonchev–Trinajstić information content (AvgIpc) is 3.02. The van der Waals surface area contributed by atoms with Crippen LogP contribution in [0.2, 0.25) is 0 Å². The molecule has 0 atom stereocenters.